The molecular weight excluding hydrogens is 252 g/mol. The largest absolute Gasteiger partial charge is 0.495 e. The molecule has 0 atom stereocenters. The van der Waals surface area contributed by atoms with E-state index in [1.54, 1.807) is 37.7 Å². The third-order valence-corrected chi connectivity index (χ3v) is 3.12. The molecule has 0 amide bonds. The van der Waals surface area contributed by atoms with Crippen LogP contribution in [-0.2, 0) is 0 Å². The van der Waals surface area contributed by atoms with Crippen molar-refractivity contribution in [2.24, 2.45) is 0 Å². The Morgan fingerprint density at radius 3 is 2.78 bits per heavy atom. The summed E-state index contributed by atoms with van der Waals surface area (Å²) < 4.78 is 5.00. The number of ether oxygens (including phenoxy) is 1. The first-order valence-corrected chi connectivity index (χ1v) is 5.88. The van der Waals surface area contributed by atoms with E-state index in [1.807, 2.05) is 0 Å². The molecule has 92 valence electrons. The van der Waals surface area contributed by atoms with Crippen molar-refractivity contribution in [3.8, 4) is 5.75 Å². The maximum atomic E-state index is 11.0. The summed E-state index contributed by atoms with van der Waals surface area (Å²) in [7, 11) is 1.56. The van der Waals surface area contributed by atoms with Crippen molar-refractivity contribution in [1.82, 2.24) is 9.97 Å². The number of carboxylic acid groups (broad SMARTS) is 1. The summed E-state index contributed by atoms with van der Waals surface area (Å²) in [5, 5.41) is 10.1. The molecule has 0 spiro atoms. The number of carbonyl (C=O) groups is 1. The lowest BCUT2D eigenvalue weighted by Crippen LogP contribution is -2.00. The molecule has 2 heterocycles. The van der Waals surface area contributed by atoms with Crippen molar-refractivity contribution in [3.63, 3.8) is 0 Å². The molecule has 0 saturated heterocycles. The first-order valence-electron chi connectivity index (χ1n) is 5.07. The van der Waals surface area contributed by atoms with Gasteiger partial charge in [0.2, 0.25) is 0 Å². The van der Waals surface area contributed by atoms with E-state index < -0.39 is 5.97 Å². The van der Waals surface area contributed by atoms with Crippen LogP contribution in [0.15, 0.2) is 46.7 Å². The van der Waals surface area contributed by atoms with E-state index in [0.717, 1.165) is 0 Å². The van der Waals surface area contributed by atoms with E-state index in [9.17, 15) is 4.79 Å². The summed E-state index contributed by atoms with van der Waals surface area (Å²) in [4.78, 5) is 19.2. The fraction of sp³-hybridized carbons (Fsp3) is 0.0833. The number of hydrogen-bond donors (Lipinski definition) is 1. The molecule has 2 aromatic rings. The van der Waals surface area contributed by atoms with Crippen molar-refractivity contribution in [3.05, 3.63) is 42.2 Å². The number of rotatable bonds is 4. The van der Waals surface area contributed by atoms with Crippen molar-refractivity contribution < 1.29 is 14.6 Å². The molecule has 6 heteroatoms. The van der Waals surface area contributed by atoms with Gasteiger partial charge < -0.3 is 9.84 Å². The van der Waals surface area contributed by atoms with Crippen molar-refractivity contribution >= 4 is 17.7 Å². The van der Waals surface area contributed by atoms with Gasteiger partial charge in [0, 0.05) is 6.20 Å². The zero-order valence-corrected chi connectivity index (χ0v) is 10.3. The Morgan fingerprint density at radius 1 is 1.33 bits per heavy atom. The molecule has 1 N–H and O–H groups in total. The van der Waals surface area contributed by atoms with Gasteiger partial charge in [0.1, 0.15) is 15.8 Å². The summed E-state index contributed by atoms with van der Waals surface area (Å²) in [5.74, 6) is -0.349. The Morgan fingerprint density at radius 2 is 2.17 bits per heavy atom. The fourth-order valence-electron chi connectivity index (χ4n) is 1.28. The van der Waals surface area contributed by atoms with Crippen LogP contribution in [0, 0.1) is 0 Å². The second kappa shape index (κ2) is 5.50. The maximum absolute atomic E-state index is 11.0. The quantitative estimate of drug-likeness (QED) is 0.911. The highest BCUT2D eigenvalue weighted by atomic mass is 32.2. The van der Waals surface area contributed by atoms with Gasteiger partial charge in [-0.2, -0.15) is 0 Å². The van der Waals surface area contributed by atoms with Gasteiger partial charge in [0.25, 0.3) is 0 Å². The lowest BCUT2D eigenvalue weighted by Gasteiger charge is -2.04. The predicted octanol–water partition coefficient (Wildman–Crippen LogP) is 2.33. The van der Waals surface area contributed by atoms with Crippen LogP contribution in [0.4, 0.5) is 0 Å². The van der Waals surface area contributed by atoms with E-state index in [4.69, 9.17) is 9.84 Å². The van der Waals surface area contributed by atoms with Crippen LogP contribution in [0.2, 0.25) is 0 Å². The zero-order valence-electron chi connectivity index (χ0n) is 9.53. The zero-order chi connectivity index (χ0) is 13.0. The molecule has 0 fully saturated rings. The third kappa shape index (κ3) is 2.78. The summed E-state index contributed by atoms with van der Waals surface area (Å²) in [6.45, 7) is 0. The second-order valence-electron chi connectivity index (χ2n) is 3.30. The monoisotopic (exact) mass is 262 g/mol. The Kier molecular flexibility index (Phi) is 3.78. The summed E-state index contributed by atoms with van der Waals surface area (Å²) in [5.41, 5.74) is 0.167. The van der Waals surface area contributed by atoms with E-state index >= 15 is 0 Å². The van der Waals surface area contributed by atoms with Crippen molar-refractivity contribution in [2.75, 3.05) is 7.11 Å². The Hall–Kier alpha value is -2.08. The van der Waals surface area contributed by atoms with Crippen LogP contribution in [-0.4, -0.2) is 28.2 Å². The number of pyridine rings is 2. The third-order valence-electron chi connectivity index (χ3n) is 2.15. The molecule has 0 unspecified atom stereocenters. The number of aromatic nitrogens is 2. The fourth-order valence-corrected chi connectivity index (χ4v) is 2.10. The standard InChI is InChI=1S/C12H10N2O3S/c1-17-8-4-5-10(14-7-8)18-11-9(12(15)16)3-2-6-13-11/h2-7H,1H3,(H,15,16). The molecule has 0 saturated carbocycles. The number of nitrogens with zero attached hydrogens (tertiary/aromatic N) is 2. The molecule has 5 nitrogen and oxygen atoms in total. The molecule has 2 aromatic heterocycles. The molecule has 0 radical (unpaired) electrons. The van der Waals surface area contributed by atoms with Crippen molar-refractivity contribution in [2.45, 2.75) is 10.1 Å². The average molecular weight is 262 g/mol. The molecule has 0 aliphatic heterocycles. The predicted molar refractivity (Wildman–Crippen MR) is 66.1 cm³/mol. The van der Waals surface area contributed by atoms with Crippen LogP contribution >= 0.6 is 11.8 Å². The SMILES string of the molecule is COc1ccc(Sc2ncccc2C(=O)O)nc1. The Labute approximate surface area is 108 Å². The van der Waals surface area contributed by atoms with Gasteiger partial charge in [-0.1, -0.05) is 0 Å². The van der Waals surface area contributed by atoms with E-state index in [1.165, 1.54) is 17.8 Å². The van der Waals surface area contributed by atoms with Crippen LogP contribution in [0.5, 0.6) is 5.75 Å². The number of methoxy groups -OCH3 is 1. The summed E-state index contributed by atoms with van der Waals surface area (Å²) >= 11 is 1.20. The molecule has 2 rings (SSSR count). The molecule has 0 bridgehead atoms. The van der Waals surface area contributed by atoms with Crippen LogP contribution in [0.3, 0.4) is 0 Å². The van der Waals surface area contributed by atoms with Gasteiger partial charge in [-0.05, 0) is 36.0 Å². The van der Waals surface area contributed by atoms with Gasteiger partial charge in [-0.15, -0.1) is 0 Å². The van der Waals surface area contributed by atoms with Crippen molar-refractivity contribution in [1.29, 1.82) is 0 Å². The highest BCUT2D eigenvalue weighted by molar-refractivity contribution is 7.99. The normalized spacial score (nSPS) is 10.1. The molecule has 18 heavy (non-hydrogen) atoms. The van der Waals surface area contributed by atoms with Gasteiger partial charge in [0.05, 0.1) is 18.9 Å². The highest BCUT2D eigenvalue weighted by Crippen LogP contribution is 2.27. The molecule has 0 aliphatic carbocycles. The summed E-state index contributed by atoms with van der Waals surface area (Å²) in [6.07, 6.45) is 3.13. The minimum Gasteiger partial charge on any atom is -0.495 e. The maximum Gasteiger partial charge on any atom is 0.338 e. The molecular formula is C12H10N2O3S. The lowest BCUT2D eigenvalue weighted by molar-refractivity contribution is 0.0692. The number of hydrogen-bond acceptors (Lipinski definition) is 5. The first kappa shape index (κ1) is 12.4. The van der Waals surface area contributed by atoms with Gasteiger partial charge in [-0.25, -0.2) is 14.8 Å². The van der Waals surface area contributed by atoms with Gasteiger partial charge >= 0.3 is 5.97 Å². The molecule has 0 aliphatic rings. The lowest BCUT2D eigenvalue weighted by atomic mass is 10.3. The van der Waals surface area contributed by atoms with Crippen LogP contribution in [0.25, 0.3) is 0 Å². The minimum absolute atomic E-state index is 0.167. The Balaban J connectivity index is 2.25. The van der Waals surface area contributed by atoms with E-state index in [-0.39, 0.29) is 5.56 Å². The Bertz CT molecular complexity index is 558. The van der Waals surface area contributed by atoms with E-state index in [0.29, 0.717) is 15.8 Å². The van der Waals surface area contributed by atoms with Crippen LogP contribution < -0.4 is 4.74 Å². The van der Waals surface area contributed by atoms with Gasteiger partial charge in [0.15, 0.2) is 0 Å². The smallest absolute Gasteiger partial charge is 0.338 e. The van der Waals surface area contributed by atoms with E-state index in [2.05, 4.69) is 9.97 Å². The highest BCUT2D eigenvalue weighted by Gasteiger charge is 2.12. The molecule has 0 aromatic carbocycles. The summed E-state index contributed by atoms with van der Waals surface area (Å²) in [6, 6.07) is 6.62. The topological polar surface area (TPSA) is 72.3 Å². The number of carboxylic acids is 1. The average Bonchev–Trinajstić information content (AvgIpc) is 2.40. The number of aromatic carboxylic acids is 1. The van der Waals surface area contributed by atoms with Gasteiger partial charge in [-0.3, -0.25) is 0 Å². The first-order chi connectivity index (χ1) is 8.70. The van der Waals surface area contributed by atoms with Crippen LogP contribution in [0.1, 0.15) is 10.4 Å². The minimum atomic E-state index is -1.00. The second-order valence-corrected chi connectivity index (χ2v) is 4.31.